The summed E-state index contributed by atoms with van der Waals surface area (Å²) in [7, 11) is 0. The largest absolute Gasteiger partial charge is 0.424 e. The van der Waals surface area contributed by atoms with Crippen molar-refractivity contribution in [3.8, 4) is 11.8 Å². The fourth-order valence-corrected chi connectivity index (χ4v) is 2.18. The smallest absolute Gasteiger partial charge is 0.323 e. The van der Waals surface area contributed by atoms with Gasteiger partial charge in [-0.3, -0.25) is 0 Å². The maximum absolute atomic E-state index is 6.16. The van der Waals surface area contributed by atoms with Gasteiger partial charge in [-0.05, 0) is 12.1 Å². The summed E-state index contributed by atoms with van der Waals surface area (Å²) in [5, 5.41) is 2.46. The number of anilines is 1. The van der Waals surface area contributed by atoms with Crippen molar-refractivity contribution in [3.05, 3.63) is 47.6 Å². The molecule has 0 saturated heterocycles. The molecule has 100 valence electrons. The first-order chi connectivity index (χ1) is 9.65. The highest BCUT2D eigenvalue weighted by Gasteiger charge is 2.08. The number of halogens is 1. The molecule has 0 unspecified atom stereocenters. The zero-order chi connectivity index (χ0) is 14.1. The maximum Gasteiger partial charge on any atom is 0.323 e. The van der Waals surface area contributed by atoms with Gasteiger partial charge in [-0.2, -0.15) is 4.98 Å². The third kappa shape index (κ3) is 2.37. The third-order valence-corrected chi connectivity index (χ3v) is 3.48. The fraction of sp³-hybridized carbons (Fsp3) is 0. The molecule has 2 N–H and O–H groups in total. The minimum Gasteiger partial charge on any atom is -0.424 e. The quantitative estimate of drug-likeness (QED) is 0.704. The van der Waals surface area contributed by atoms with E-state index in [1.807, 2.05) is 24.3 Å². The number of rotatable bonds is 2. The van der Waals surface area contributed by atoms with Gasteiger partial charge in [-0.25, -0.2) is 4.98 Å². The molecule has 0 aliphatic carbocycles. The summed E-state index contributed by atoms with van der Waals surface area (Å²) < 4.78 is 5.69. The summed E-state index contributed by atoms with van der Waals surface area (Å²) in [6.45, 7) is 0. The highest BCUT2D eigenvalue weighted by atomic mass is 35.5. The van der Waals surface area contributed by atoms with E-state index in [1.165, 1.54) is 6.20 Å². The van der Waals surface area contributed by atoms with E-state index < -0.39 is 0 Å². The van der Waals surface area contributed by atoms with E-state index in [9.17, 15) is 0 Å². The zero-order valence-corrected chi connectivity index (χ0v) is 11.9. The van der Waals surface area contributed by atoms with Crippen LogP contribution in [-0.4, -0.2) is 9.97 Å². The Hall–Kier alpha value is -1.98. The van der Waals surface area contributed by atoms with Crippen LogP contribution < -0.4 is 10.5 Å². The number of nitrogens with zero attached hydrogens (tertiary/aromatic N) is 2. The van der Waals surface area contributed by atoms with Crippen molar-refractivity contribution in [1.82, 2.24) is 9.97 Å². The SMILES string of the molecule is Nc1nc(Oc2ccc(Cl)c3ccccc23)ncc1S. The summed E-state index contributed by atoms with van der Waals surface area (Å²) in [6, 6.07) is 11.4. The van der Waals surface area contributed by atoms with Crippen molar-refractivity contribution in [2.75, 3.05) is 5.73 Å². The van der Waals surface area contributed by atoms with Crippen LogP contribution in [0.5, 0.6) is 11.8 Å². The van der Waals surface area contributed by atoms with Crippen molar-refractivity contribution in [2.24, 2.45) is 0 Å². The second-order valence-corrected chi connectivity index (χ2v) is 5.01. The summed E-state index contributed by atoms with van der Waals surface area (Å²) in [6.07, 6.45) is 1.50. The Labute approximate surface area is 126 Å². The molecule has 0 aliphatic rings. The monoisotopic (exact) mass is 303 g/mol. The summed E-state index contributed by atoms with van der Waals surface area (Å²) in [5.41, 5.74) is 5.68. The predicted octanol–water partition coefficient (Wildman–Crippen LogP) is 3.95. The summed E-state index contributed by atoms with van der Waals surface area (Å²) >= 11 is 10.3. The van der Waals surface area contributed by atoms with Crippen LogP contribution >= 0.6 is 24.2 Å². The number of hydrogen-bond acceptors (Lipinski definition) is 5. The topological polar surface area (TPSA) is 61.0 Å². The lowest BCUT2D eigenvalue weighted by molar-refractivity contribution is 0.446. The van der Waals surface area contributed by atoms with Crippen molar-refractivity contribution >= 4 is 40.8 Å². The Balaban J connectivity index is 2.06. The molecular formula is C14H10ClN3OS. The van der Waals surface area contributed by atoms with E-state index in [-0.39, 0.29) is 11.8 Å². The average Bonchev–Trinajstić information content (AvgIpc) is 2.46. The number of benzene rings is 2. The fourth-order valence-electron chi connectivity index (χ4n) is 1.84. The normalized spacial score (nSPS) is 10.7. The zero-order valence-electron chi connectivity index (χ0n) is 10.2. The van der Waals surface area contributed by atoms with Crippen LogP contribution in [0.3, 0.4) is 0 Å². The highest BCUT2D eigenvalue weighted by Crippen LogP contribution is 2.33. The molecule has 0 bridgehead atoms. The van der Waals surface area contributed by atoms with Crippen LogP contribution in [0.1, 0.15) is 0 Å². The Kier molecular flexibility index (Phi) is 3.38. The number of thiol groups is 1. The average molecular weight is 304 g/mol. The van der Waals surface area contributed by atoms with Crippen molar-refractivity contribution < 1.29 is 4.74 Å². The van der Waals surface area contributed by atoms with E-state index in [0.29, 0.717) is 15.7 Å². The van der Waals surface area contributed by atoms with Crippen LogP contribution in [0, 0.1) is 0 Å². The van der Waals surface area contributed by atoms with E-state index in [2.05, 4.69) is 22.6 Å². The van der Waals surface area contributed by atoms with Gasteiger partial charge in [0.25, 0.3) is 0 Å². The molecule has 0 fully saturated rings. The minimum atomic E-state index is 0.174. The van der Waals surface area contributed by atoms with E-state index >= 15 is 0 Å². The lowest BCUT2D eigenvalue weighted by Crippen LogP contribution is -1.98. The molecule has 3 rings (SSSR count). The summed E-state index contributed by atoms with van der Waals surface area (Å²) in [4.78, 5) is 8.59. The Bertz CT molecular complexity index is 794. The molecule has 2 aromatic carbocycles. The first-order valence-corrected chi connectivity index (χ1v) is 6.64. The van der Waals surface area contributed by atoms with Crippen molar-refractivity contribution in [3.63, 3.8) is 0 Å². The third-order valence-electron chi connectivity index (χ3n) is 2.81. The maximum atomic E-state index is 6.16. The standard InChI is InChI=1S/C14H10ClN3OS/c15-10-5-6-11(9-4-2-1-3-8(9)10)19-14-17-7-12(20)13(16)18-14/h1-7,20H,(H2,16,17,18). The van der Waals surface area contributed by atoms with Gasteiger partial charge in [-0.1, -0.05) is 35.9 Å². The van der Waals surface area contributed by atoms with Gasteiger partial charge in [0.1, 0.15) is 11.6 Å². The van der Waals surface area contributed by atoms with E-state index in [4.69, 9.17) is 22.1 Å². The molecule has 0 aliphatic heterocycles. The van der Waals surface area contributed by atoms with Crippen molar-refractivity contribution in [2.45, 2.75) is 4.90 Å². The second-order valence-electron chi connectivity index (χ2n) is 4.12. The second kappa shape index (κ2) is 5.19. The lowest BCUT2D eigenvalue weighted by atomic mass is 10.1. The number of ether oxygens (including phenoxy) is 1. The molecule has 0 saturated carbocycles. The van der Waals surface area contributed by atoms with E-state index in [1.54, 1.807) is 12.1 Å². The number of nitrogens with two attached hydrogens (primary N) is 1. The highest BCUT2D eigenvalue weighted by molar-refractivity contribution is 7.80. The van der Waals surface area contributed by atoms with Gasteiger partial charge in [0.05, 0.1) is 4.90 Å². The lowest BCUT2D eigenvalue weighted by Gasteiger charge is -2.09. The van der Waals surface area contributed by atoms with Crippen molar-refractivity contribution in [1.29, 1.82) is 0 Å². The molecular weight excluding hydrogens is 294 g/mol. The first kappa shape index (κ1) is 13.0. The van der Waals surface area contributed by atoms with Gasteiger partial charge in [0.15, 0.2) is 0 Å². The van der Waals surface area contributed by atoms with Gasteiger partial charge < -0.3 is 10.5 Å². The first-order valence-electron chi connectivity index (χ1n) is 5.82. The van der Waals surface area contributed by atoms with Crippen LogP contribution in [0.2, 0.25) is 5.02 Å². The number of hydrogen-bond donors (Lipinski definition) is 2. The Morgan fingerprint density at radius 2 is 1.85 bits per heavy atom. The van der Waals surface area contributed by atoms with Gasteiger partial charge in [0.2, 0.25) is 0 Å². The number of nitrogen functional groups attached to an aromatic ring is 1. The molecule has 3 aromatic rings. The summed E-state index contributed by atoms with van der Waals surface area (Å²) in [5.74, 6) is 0.896. The molecule has 0 radical (unpaired) electrons. The number of fused-ring (bicyclic) bond motifs is 1. The van der Waals surface area contributed by atoms with E-state index in [0.717, 1.165) is 10.8 Å². The predicted molar refractivity (Wildman–Crippen MR) is 82.7 cm³/mol. The molecule has 1 aromatic heterocycles. The van der Waals surface area contributed by atoms with Crippen LogP contribution in [-0.2, 0) is 0 Å². The molecule has 4 nitrogen and oxygen atoms in total. The molecule has 0 spiro atoms. The number of aromatic nitrogens is 2. The van der Waals surface area contributed by atoms with Crippen LogP contribution in [0.25, 0.3) is 10.8 Å². The molecule has 0 amide bonds. The molecule has 0 atom stereocenters. The molecule has 6 heteroatoms. The Morgan fingerprint density at radius 1 is 1.10 bits per heavy atom. The minimum absolute atomic E-state index is 0.174. The van der Waals surface area contributed by atoms with Crippen LogP contribution in [0.4, 0.5) is 5.82 Å². The Morgan fingerprint density at radius 3 is 2.60 bits per heavy atom. The van der Waals surface area contributed by atoms with Crippen LogP contribution in [0.15, 0.2) is 47.5 Å². The van der Waals surface area contributed by atoms with Gasteiger partial charge >= 0.3 is 6.01 Å². The molecule has 1 heterocycles. The van der Waals surface area contributed by atoms with Gasteiger partial charge in [0, 0.05) is 22.0 Å². The molecule has 20 heavy (non-hydrogen) atoms. The van der Waals surface area contributed by atoms with Gasteiger partial charge in [-0.15, -0.1) is 12.6 Å².